The average molecular weight is 630 g/mol. The number of aliphatic hydroxyl groups excluding tert-OH is 1. The predicted octanol–water partition coefficient (Wildman–Crippen LogP) is -1.29. The minimum Gasteiger partial charge on any atom is -0.480 e. The van der Waals surface area contributed by atoms with Crippen LogP contribution in [0.3, 0.4) is 0 Å². The molecule has 0 saturated carbocycles. The van der Waals surface area contributed by atoms with Crippen molar-refractivity contribution in [3.8, 4) is 0 Å². The van der Waals surface area contributed by atoms with Gasteiger partial charge in [-0.15, -0.1) is 0 Å². The Labute approximate surface area is 260 Å². The minimum atomic E-state index is -1.47. The van der Waals surface area contributed by atoms with Crippen molar-refractivity contribution in [2.75, 3.05) is 13.1 Å². The molecule has 0 unspecified atom stereocenters. The first kappa shape index (κ1) is 40.7. The second-order valence-corrected chi connectivity index (χ2v) is 12.0. The molecule has 15 nitrogen and oxygen atoms in total. The van der Waals surface area contributed by atoms with Crippen molar-refractivity contribution >= 4 is 35.5 Å². The van der Waals surface area contributed by atoms with Crippen LogP contribution >= 0.6 is 0 Å². The lowest BCUT2D eigenvalue weighted by atomic mass is 9.97. The van der Waals surface area contributed by atoms with Crippen molar-refractivity contribution < 1.29 is 39.0 Å². The van der Waals surface area contributed by atoms with Crippen LogP contribution in [0.15, 0.2) is 0 Å². The Morgan fingerprint density at radius 2 is 1.32 bits per heavy atom. The number of amides is 5. The summed E-state index contributed by atoms with van der Waals surface area (Å²) in [5.41, 5.74) is 11.5. The number of carboxylic acid groups (broad SMARTS) is 1. The van der Waals surface area contributed by atoms with E-state index in [1.807, 2.05) is 13.8 Å². The van der Waals surface area contributed by atoms with E-state index in [0.29, 0.717) is 25.8 Å². The number of nitrogens with one attached hydrogen (secondary N) is 5. The Kier molecular flexibility index (Phi) is 19.1. The topological polar surface area (TPSA) is 255 Å². The molecule has 0 rings (SSSR count). The third-order valence-electron chi connectivity index (χ3n) is 7.22. The van der Waals surface area contributed by atoms with Crippen LogP contribution in [0.2, 0.25) is 0 Å². The largest absolute Gasteiger partial charge is 0.480 e. The van der Waals surface area contributed by atoms with Crippen LogP contribution < -0.4 is 38.1 Å². The standard InChI is InChI=1S/C29H55N7O8/c1-8-17(6)23(29(43)44)35-26(40)20(13-15(2)3)33-21(38)14-32-28(42)24(18(7)37)36-25(39)19(11-9-10-12-30)34-27(41)22(31)16(4)5/h15-20,22-24,37H,8-14,30-31H2,1-7H3,(H,32,42)(H,33,38)(H,34,41)(H,35,40)(H,36,39)(H,43,44)/t17-,18+,19-,20-,22-,23-,24-/m0/s1. The fraction of sp³-hybridized carbons (Fsp3) is 0.793. The maximum atomic E-state index is 13.1. The summed E-state index contributed by atoms with van der Waals surface area (Å²) in [4.78, 5) is 75.9. The summed E-state index contributed by atoms with van der Waals surface area (Å²) < 4.78 is 0. The van der Waals surface area contributed by atoms with Gasteiger partial charge in [-0.3, -0.25) is 24.0 Å². The lowest BCUT2D eigenvalue weighted by molar-refractivity contribution is -0.143. The van der Waals surface area contributed by atoms with Gasteiger partial charge in [-0.25, -0.2) is 4.79 Å². The SMILES string of the molecule is CC[C@H](C)[C@H](NC(=O)[C@H](CC(C)C)NC(=O)CNC(=O)[C@@H](NC(=O)[C@H](CCCCN)NC(=O)[C@@H](N)C(C)C)[C@@H](C)O)C(=O)O. The molecule has 0 aliphatic heterocycles. The molecule has 0 bridgehead atoms. The molecule has 0 fully saturated rings. The van der Waals surface area contributed by atoms with Crippen LogP contribution in [0.25, 0.3) is 0 Å². The molecule has 0 aliphatic rings. The Morgan fingerprint density at radius 3 is 1.80 bits per heavy atom. The van der Waals surface area contributed by atoms with Crippen LogP contribution in [0.5, 0.6) is 0 Å². The van der Waals surface area contributed by atoms with Gasteiger partial charge in [0.25, 0.3) is 0 Å². The van der Waals surface area contributed by atoms with Crippen LogP contribution in [-0.2, 0) is 28.8 Å². The molecule has 7 atom stereocenters. The Bertz CT molecular complexity index is 960. The number of hydrogen-bond donors (Lipinski definition) is 9. The second kappa shape index (κ2) is 20.6. The summed E-state index contributed by atoms with van der Waals surface area (Å²) in [6.45, 7) is 11.7. The highest BCUT2D eigenvalue weighted by atomic mass is 16.4. The number of nitrogens with two attached hydrogens (primary N) is 2. The van der Waals surface area contributed by atoms with Crippen molar-refractivity contribution in [2.45, 2.75) is 117 Å². The van der Waals surface area contributed by atoms with Crippen LogP contribution in [0, 0.1) is 17.8 Å². The van der Waals surface area contributed by atoms with E-state index in [-0.39, 0.29) is 30.6 Å². The number of aliphatic hydroxyl groups is 1. The zero-order chi connectivity index (χ0) is 34.1. The highest BCUT2D eigenvalue weighted by Crippen LogP contribution is 2.11. The van der Waals surface area contributed by atoms with Crippen molar-refractivity contribution in [1.29, 1.82) is 0 Å². The highest BCUT2D eigenvalue weighted by Gasteiger charge is 2.32. The normalized spacial score (nSPS) is 16.1. The molecule has 5 amide bonds. The van der Waals surface area contributed by atoms with E-state index in [4.69, 9.17) is 11.5 Å². The summed E-state index contributed by atoms with van der Waals surface area (Å²) in [6.07, 6.45) is 0.673. The molecule has 0 aromatic heterocycles. The van der Waals surface area contributed by atoms with E-state index in [0.717, 1.165) is 0 Å². The Morgan fingerprint density at radius 1 is 0.750 bits per heavy atom. The molecule has 254 valence electrons. The summed E-state index contributed by atoms with van der Waals surface area (Å²) in [5, 5.41) is 32.2. The van der Waals surface area contributed by atoms with Gasteiger partial charge >= 0.3 is 5.97 Å². The van der Waals surface area contributed by atoms with Crippen molar-refractivity contribution in [3.05, 3.63) is 0 Å². The molecule has 0 aromatic rings. The van der Waals surface area contributed by atoms with Gasteiger partial charge < -0.3 is 48.3 Å². The number of aliphatic carboxylic acids is 1. The van der Waals surface area contributed by atoms with Crippen molar-refractivity contribution in [1.82, 2.24) is 26.6 Å². The molecule has 0 aromatic carbocycles. The molecule has 44 heavy (non-hydrogen) atoms. The van der Waals surface area contributed by atoms with E-state index in [2.05, 4.69) is 26.6 Å². The molecule has 11 N–H and O–H groups in total. The van der Waals surface area contributed by atoms with Gasteiger partial charge in [0.1, 0.15) is 24.2 Å². The highest BCUT2D eigenvalue weighted by molar-refractivity contribution is 5.95. The maximum absolute atomic E-state index is 13.1. The first-order valence-corrected chi connectivity index (χ1v) is 15.3. The Hall–Kier alpha value is -3.30. The Balaban J connectivity index is 5.50. The third-order valence-corrected chi connectivity index (χ3v) is 7.22. The van der Waals surface area contributed by atoms with Gasteiger partial charge in [-0.2, -0.15) is 0 Å². The van der Waals surface area contributed by atoms with Gasteiger partial charge in [0.15, 0.2) is 0 Å². The first-order chi connectivity index (χ1) is 20.5. The average Bonchev–Trinajstić information content (AvgIpc) is 2.94. The van der Waals surface area contributed by atoms with Crippen molar-refractivity contribution in [2.24, 2.45) is 29.2 Å². The fourth-order valence-corrected chi connectivity index (χ4v) is 4.15. The number of unbranched alkanes of at least 4 members (excludes halogenated alkanes) is 1. The number of carbonyl (C=O) groups excluding carboxylic acids is 5. The minimum absolute atomic E-state index is 0.0317. The van der Waals surface area contributed by atoms with E-state index in [1.165, 1.54) is 6.92 Å². The summed E-state index contributed by atoms with van der Waals surface area (Å²) in [5.74, 6) is -5.29. The van der Waals surface area contributed by atoms with Gasteiger partial charge in [0.2, 0.25) is 29.5 Å². The monoisotopic (exact) mass is 629 g/mol. The van der Waals surface area contributed by atoms with E-state index in [9.17, 15) is 39.0 Å². The zero-order valence-electron chi connectivity index (χ0n) is 27.1. The van der Waals surface area contributed by atoms with Gasteiger partial charge in [-0.05, 0) is 56.9 Å². The third kappa shape index (κ3) is 14.9. The molecule has 0 saturated heterocycles. The summed E-state index contributed by atoms with van der Waals surface area (Å²) >= 11 is 0. The number of carboxylic acids is 1. The molecule has 15 heteroatoms. The number of carbonyl (C=O) groups is 6. The van der Waals surface area contributed by atoms with E-state index in [1.54, 1.807) is 27.7 Å². The lowest BCUT2D eigenvalue weighted by Crippen LogP contribution is -2.59. The van der Waals surface area contributed by atoms with Crippen LogP contribution in [0.4, 0.5) is 0 Å². The quantitative estimate of drug-likeness (QED) is 0.0679. The summed E-state index contributed by atoms with van der Waals surface area (Å²) in [7, 11) is 0. The first-order valence-electron chi connectivity index (χ1n) is 15.3. The molecule has 0 heterocycles. The predicted molar refractivity (Wildman–Crippen MR) is 165 cm³/mol. The van der Waals surface area contributed by atoms with E-state index < -0.39 is 78.4 Å². The van der Waals surface area contributed by atoms with Gasteiger partial charge in [-0.1, -0.05) is 48.0 Å². The molecule has 0 radical (unpaired) electrons. The summed E-state index contributed by atoms with van der Waals surface area (Å²) in [6, 6.07) is -5.58. The molecular formula is C29H55N7O8. The molecule has 0 aliphatic carbocycles. The van der Waals surface area contributed by atoms with Gasteiger partial charge in [0, 0.05) is 0 Å². The fourth-order valence-electron chi connectivity index (χ4n) is 4.15. The number of hydrogen-bond acceptors (Lipinski definition) is 9. The zero-order valence-corrected chi connectivity index (χ0v) is 27.1. The van der Waals surface area contributed by atoms with Gasteiger partial charge in [0.05, 0.1) is 18.7 Å². The molecular weight excluding hydrogens is 574 g/mol. The van der Waals surface area contributed by atoms with E-state index >= 15 is 0 Å². The smallest absolute Gasteiger partial charge is 0.326 e. The number of rotatable bonds is 21. The second-order valence-electron chi connectivity index (χ2n) is 12.0. The molecule has 0 spiro atoms. The van der Waals surface area contributed by atoms with Crippen LogP contribution in [-0.4, -0.2) is 95.1 Å². The van der Waals surface area contributed by atoms with Crippen LogP contribution in [0.1, 0.15) is 80.6 Å². The van der Waals surface area contributed by atoms with Crippen molar-refractivity contribution in [3.63, 3.8) is 0 Å². The maximum Gasteiger partial charge on any atom is 0.326 e. The lowest BCUT2D eigenvalue weighted by Gasteiger charge is -2.26.